The molecule has 0 bridgehead atoms. The van der Waals surface area contributed by atoms with E-state index >= 15 is 0 Å². The van der Waals surface area contributed by atoms with Crippen molar-refractivity contribution in [3.05, 3.63) is 28.8 Å². The van der Waals surface area contributed by atoms with Gasteiger partial charge in [-0.15, -0.1) is 0 Å². The van der Waals surface area contributed by atoms with Crippen LogP contribution in [0.15, 0.2) is 12.1 Å². The average molecular weight is 256 g/mol. The molecular formula is C9H9AlO7. The zero-order chi connectivity index (χ0) is 12.5. The summed E-state index contributed by atoms with van der Waals surface area (Å²) in [4.78, 5) is 31.9. The molecule has 0 atom stereocenters. The first-order chi connectivity index (χ1) is 7.34. The Labute approximate surface area is 105 Å². The molecule has 0 spiro atoms. The molecule has 8 heteroatoms. The Hall–Kier alpha value is -2.04. The van der Waals surface area contributed by atoms with Crippen molar-refractivity contribution in [1.82, 2.24) is 0 Å². The number of phenols is 1. The number of hydrogen-bond acceptors (Lipinski definition) is 4. The first-order valence-corrected chi connectivity index (χ1v) is 3.91. The van der Waals surface area contributed by atoms with E-state index in [9.17, 15) is 19.5 Å². The van der Waals surface area contributed by atoms with Gasteiger partial charge in [-0.25, -0.2) is 14.4 Å². The standard InChI is InChI=1S/C9H6O7.Al.3H/c10-6-2-4(8(13)14)3(7(11)12)1-5(6)9(15)16;;;;/h1-2,10H,(H,11,12)(H,13,14)(H,15,16);;;;. The second-order valence-corrected chi connectivity index (χ2v) is 2.83. The maximum atomic E-state index is 10.7. The smallest absolute Gasteiger partial charge is 0.339 e. The minimum atomic E-state index is -1.58. The fraction of sp³-hybridized carbons (Fsp3) is 0. The fourth-order valence-electron chi connectivity index (χ4n) is 1.11. The van der Waals surface area contributed by atoms with Gasteiger partial charge in [-0.1, -0.05) is 0 Å². The Morgan fingerprint density at radius 3 is 1.47 bits per heavy atom. The molecule has 7 nitrogen and oxygen atoms in total. The largest absolute Gasteiger partial charge is 0.507 e. The highest BCUT2D eigenvalue weighted by Gasteiger charge is 2.21. The molecule has 0 aliphatic heterocycles. The molecule has 0 aliphatic carbocycles. The predicted molar refractivity (Wildman–Crippen MR) is 58.9 cm³/mol. The van der Waals surface area contributed by atoms with Crippen LogP contribution in [0.5, 0.6) is 5.75 Å². The predicted octanol–water partition coefficient (Wildman–Crippen LogP) is -0.697. The van der Waals surface area contributed by atoms with E-state index in [1.165, 1.54) is 0 Å². The van der Waals surface area contributed by atoms with Gasteiger partial charge in [-0.2, -0.15) is 0 Å². The van der Waals surface area contributed by atoms with E-state index in [-0.39, 0.29) is 17.4 Å². The van der Waals surface area contributed by atoms with Crippen LogP contribution in [-0.4, -0.2) is 55.7 Å². The molecule has 0 saturated carbocycles. The maximum Gasteiger partial charge on any atom is 0.339 e. The highest BCUT2D eigenvalue weighted by molar-refractivity contribution is 6.04. The molecule has 90 valence electrons. The van der Waals surface area contributed by atoms with Gasteiger partial charge in [0.2, 0.25) is 0 Å². The second-order valence-electron chi connectivity index (χ2n) is 2.83. The molecule has 0 radical (unpaired) electrons. The zero-order valence-electron chi connectivity index (χ0n) is 7.67. The molecule has 4 N–H and O–H groups in total. The Morgan fingerprint density at radius 1 is 0.765 bits per heavy atom. The normalized spacial score (nSPS) is 9.18. The number of carbonyl (C=O) groups is 3. The third-order valence-corrected chi connectivity index (χ3v) is 1.83. The van der Waals surface area contributed by atoms with Gasteiger partial charge >= 0.3 is 17.9 Å². The third kappa shape index (κ3) is 2.96. The van der Waals surface area contributed by atoms with E-state index in [2.05, 4.69) is 0 Å². The van der Waals surface area contributed by atoms with Crippen LogP contribution in [0.4, 0.5) is 0 Å². The summed E-state index contributed by atoms with van der Waals surface area (Å²) in [6.45, 7) is 0. The SMILES string of the molecule is O=C(O)c1cc(C(=O)O)c(C(=O)O)cc1O.[AlH3]. The van der Waals surface area contributed by atoms with Crippen molar-refractivity contribution in [2.24, 2.45) is 0 Å². The number of rotatable bonds is 3. The molecule has 0 saturated heterocycles. The molecule has 1 rings (SSSR count). The van der Waals surface area contributed by atoms with Crippen molar-refractivity contribution >= 4 is 35.3 Å². The molecule has 0 fully saturated rings. The van der Waals surface area contributed by atoms with Crippen LogP contribution in [0, 0.1) is 0 Å². The summed E-state index contributed by atoms with van der Waals surface area (Å²) in [6.07, 6.45) is 0. The lowest BCUT2D eigenvalue weighted by Gasteiger charge is -2.05. The number of carboxylic acid groups (broad SMARTS) is 3. The van der Waals surface area contributed by atoms with Crippen LogP contribution in [-0.2, 0) is 0 Å². The summed E-state index contributed by atoms with van der Waals surface area (Å²) >= 11 is 0. The van der Waals surface area contributed by atoms with E-state index in [0.717, 1.165) is 0 Å². The lowest BCUT2D eigenvalue weighted by molar-refractivity contribution is 0.0648. The van der Waals surface area contributed by atoms with E-state index < -0.39 is 40.3 Å². The van der Waals surface area contributed by atoms with E-state index in [1.54, 1.807) is 0 Å². The average Bonchev–Trinajstić information content (AvgIpc) is 2.15. The Morgan fingerprint density at radius 2 is 1.12 bits per heavy atom. The van der Waals surface area contributed by atoms with Crippen molar-refractivity contribution in [1.29, 1.82) is 0 Å². The third-order valence-electron chi connectivity index (χ3n) is 1.83. The minimum absolute atomic E-state index is 0. The molecule has 1 aromatic rings. The van der Waals surface area contributed by atoms with Gasteiger partial charge in [-0.05, 0) is 12.1 Å². The first kappa shape index (κ1) is 15.0. The van der Waals surface area contributed by atoms with E-state index in [1.807, 2.05) is 0 Å². The summed E-state index contributed by atoms with van der Waals surface area (Å²) in [7, 11) is 0. The van der Waals surface area contributed by atoms with Crippen LogP contribution in [0.25, 0.3) is 0 Å². The second kappa shape index (κ2) is 5.34. The zero-order valence-corrected chi connectivity index (χ0v) is 7.67. The molecule has 0 aliphatic rings. The van der Waals surface area contributed by atoms with Gasteiger partial charge < -0.3 is 20.4 Å². The van der Waals surface area contributed by atoms with Crippen LogP contribution in [0.1, 0.15) is 31.1 Å². The van der Waals surface area contributed by atoms with Crippen molar-refractivity contribution in [3.8, 4) is 5.75 Å². The van der Waals surface area contributed by atoms with Crippen molar-refractivity contribution in [2.75, 3.05) is 0 Å². The van der Waals surface area contributed by atoms with Crippen molar-refractivity contribution in [3.63, 3.8) is 0 Å². The first-order valence-electron chi connectivity index (χ1n) is 3.91. The van der Waals surface area contributed by atoms with Gasteiger partial charge in [0.25, 0.3) is 0 Å². The lowest BCUT2D eigenvalue weighted by atomic mass is 10.0. The Kier molecular flexibility index (Phi) is 4.70. The summed E-state index contributed by atoms with van der Waals surface area (Å²) in [5.41, 5.74) is -2.03. The monoisotopic (exact) mass is 256 g/mol. The summed E-state index contributed by atoms with van der Waals surface area (Å²) < 4.78 is 0. The minimum Gasteiger partial charge on any atom is -0.507 e. The number of aromatic hydroxyl groups is 1. The quantitative estimate of drug-likeness (QED) is 0.526. The lowest BCUT2D eigenvalue weighted by Crippen LogP contribution is -2.10. The summed E-state index contributed by atoms with van der Waals surface area (Å²) in [6, 6.07) is 1.19. The van der Waals surface area contributed by atoms with Crippen LogP contribution >= 0.6 is 0 Å². The number of aromatic carboxylic acids is 3. The van der Waals surface area contributed by atoms with Gasteiger partial charge in [0.05, 0.1) is 11.1 Å². The number of benzene rings is 1. The molecule has 17 heavy (non-hydrogen) atoms. The van der Waals surface area contributed by atoms with Crippen LogP contribution in [0.2, 0.25) is 0 Å². The molecule has 0 aromatic heterocycles. The summed E-state index contributed by atoms with van der Waals surface area (Å²) in [5.74, 6) is -5.49. The Bertz CT molecular complexity index is 494. The molecule has 0 unspecified atom stereocenters. The van der Waals surface area contributed by atoms with Gasteiger partial charge in [0.1, 0.15) is 11.3 Å². The number of hydrogen-bond donors (Lipinski definition) is 4. The van der Waals surface area contributed by atoms with Gasteiger partial charge in [0.15, 0.2) is 17.4 Å². The molecule has 0 amide bonds. The van der Waals surface area contributed by atoms with Crippen LogP contribution < -0.4 is 0 Å². The fourth-order valence-corrected chi connectivity index (χ4v) is 1.11. The Balaban J connectivity index is 0.00000256. The van der Waals surface area contributed by atoms with Crippen LogP contribution in [0.3, 0.4) is 0 Å². The summed E-state index contributed by atoms with van der Waals surface area (Å²) in [5, 5.41) is 35.1. The molecular weight excluding hydrogens is 247 g/mol. The number of carboxylic acids is 3. The van der Waals surface area contributed by atoms with E-state index in [0.29, 0.717) is 12.1 Å². The highest BCUT2D eigenvalue weighted by Crippen LogP contribution is 2.23. The molecule has 0 heterocycles. The van der Waals surface area contributed by atoms with Crippen molar-refractivity contribution in [2.45, 2.75) is 0 Å². The van der Waals surface area contributed by atoms with Gasteiger partial charge in [0, 0.05) is 0 Å². The topological polar surface area (TPSA) is 132 Å². The molecule has 1 aromatic carbocycles. The highest BCUT2D eigenvalue weighted by atomic mass is 27.0. The maximum absolute atomic E-state index is 10.7. The van der Waals surface area contributed by atoms with Gasteiger partial charge in [-0.3, -0.25) is 0 Å². The van der Waals surface area contributed by atoms with E-state index in [4.69, 9.17) is 15.3 Å². The van der Waals surface area contributed by atoms with Crippen molar-refractivity contribution < 1.29 is 34.8 Å².